The van der Waals surface area contributed by atoms with Crippen molar-refractivity contribution in [3.8, 4) is 0 Å². The third kappa shape index (κ3) is 12.0. The Morgan fingerprint density at radius 2 is 1.40 bits per heavy atom. The second-order valence-electron chi connectivity index (χ2n) is 8.04. The van der Waals surface area contributed by atoms with Gasteiger partial charge in [-0.25, -0.2) is 4.79 Å². The van der Waals surface area contributed by atoms with Crippen LogP contribution in [0.2, 0.25) is 0 Å². The van der Waals surface area contributed by atoms with Gasteiger partial charge in [-0.05, 0) is 31.1 Å². The second-order valence-corrected chi connectivity index (χ2v) is 8.04. The molecule has 0 rings (SSSR count). The number of carbonyl (C=O) groups excluding carboxylic acids is 3. The summed E-state index contributed by atoms with van der Waals surface area (Å²) < 4.78 is 0. The van der Waals surface area contributed by atoms with Crippen molar-refractivity contribution in [3.63, 3.8) is 0 Å². The van der Waals surface area contributed by atoms with E-state index in [0.29, 0.717) is 6.42 Å². The van der Waals surface area contributed by atoms with E-state index >= 15 is 0 Å². The lowest BCUT2D eigenvalue weighted by atomic mass is 10.0. The minimum Gasteiger partial charge on any atom is -0.481 e. The van der Waals surface area contributed by atoms with E-state index in [-0.39, 0.29) is 31.2 Å². The maximum absolute atomic E-state index is 12.5. The highest BCUT2D eigenvalue weighted by molar-refractivity contribution is 5.92. The van der Waals surface area contributed by atoms with Crippen molar-refractivity contribution in [3.05, 3.63) is 0 Å². The molecule has 30 heavy (non-hydrogen) atoms. The lowest BCUT2D eigenvalue weighted by molar-refractivity contribution is -0.143. The highest BCUT2D eigenvalue weighted by Gasteiger charge is 2.27. The molecule has 0 saturated heterocycles. The fourth-order valence-corrected chi connectivity index (χ4v) is 2.66. The number of amides is 3. The summed E-state index contributed by atoms with van der Waals surface area (Å²) in [5, 5.41) is 25.0. The minimum atomic E-state index is -1.39. The topological polar surface area (TPSA) is 188 Å². The number of carboxylic acids is 2. The second kappa shape index (κ2) is 13.5. The van der Waals surface area contributed by atoms with Gasteiger partial charge in [-0.1, -0.05) is 27.7 Å². The van der Waals surface area contributed by atoms with Crippen LogP contribution in [0.1, 0.15) is 53.4 Å². The molecule has 7 N–H and O–H groups in total. The van der Waals surface area contributed by atoms with Gasteiger partial charge in [-0.2, -0.15) is 0 Å². The smallest absolute Gasteiger partial charge is 0.326 e. The zero-order chi connectivity index (χ0) is 23.4. The number of rotatable bonds is 14. The molecule has 3 atom stereocenters. The predicted octanol–water partition coefficient (Wildman–Crippen LogP) is -0.559. The molecule has 0 heterocycles. The number of hydrogen-bond donors (Lipinski definition) is 6. The number of hydrogen-bond acceptors (Lipinski definition) is 6. The molecule has 0 aromatic rings. The lowest BCUT2D eigenvalue weighted by Crippen LogP contribution is -2.54. The van der Waals surface area contributed by atoms with Crippen LogP contribution in [-0.4, -0.2) is 64.5 Å². The van der Waals surface area contributed by atoms with E-state index in [2.05, 4.69) is 16.0 Å². The molecule has 0 spiro atoms. The zero-order valence-electron chi connectivity index (χ0n) is 17.9. The lowest BCUT2D eigenvalue weighted by Gasteiger charge is -2.23. The Morgan fingerprint density at radius 3 is 1.87 bits per heavy atom. The van der Waals surface area contributed by atoms with Gasteiger partial charge < -0.3 is 31.9 Å². The monoisotopic (exact) mass is 430 g/mol. The molecule has 3 amide bonds. The molecule has 0 aliphatic rings. The Morgan fingerprint density at radius 1 is 0.833 bits per heavy atom. The van der Waals surface area contributed by atoms with Gasteiger partial charge in [-0.15, -0.1) is 0 Å². The molecule has 0 aromatic heterocycles. The third-order valence-corrected chi connectivity index (χ3v) is 4.11. The molecule has 0 aliphatic heterocycles. The standard InChI is InChI=1S/C19H34N4O7/c1-10(2)7-12(20)17(27)21-9-15(24)22-14(8-11(3)4)18(28)23-13(19(29)30)5-6-16(25)26/h10-14H,5-9,20H2,1-4H3,(H,21,27)(H,22,24)(H,23,28)(H,25,26)(H,29,30). The van der Waals surface area contributed by atoms with Crippen LogP contribution in [0, 0.1) is 11.8 Å². The van der Waals surface area contributed by atoms with Crippen molar-refractivity contribution in [2.45, 2.75) is 71.5 Å². The van der Waals surface area contributed by atoms with Gasteiger partial charge in [0.25, 0.3) is 0 Å². The molecular weight excluding hydrogens is 396 g/mol. The zero-order valence-corrected chi connectivity index (χ0v) is 17.9. The fourth-order valence-electron chi connectivity index (χ4n) is 2.66. The van der Waals surface area contributed by atoms with Crippen molar-refractivity contribution in [2.75, 3.05) is 6.54 Å². The number of aliphatic carboxylic acids is 2. The van der Waals surface area contributed by atoms with Crippen molar-refractivity contribution in [1.82, 2.24) is 16.0 Å². The van der Waals surface area contributed by atoms with E-state index in [0.717, 1.165) is 0 Å². The maximum atomic E-state index is 12.5. The number of carboxylic acid groups (broad SMARTS) is 2. The first-order chi connectivity index (χ1) is 13.8. The van der Waals surface area contributed by atoms with Crippen LogP contribution < -0.4 is 21.7 Å². The fraction of sp³-hybridized carbons (Fsp3) is 0.737. The molecule has 172 valence electrons. The van der Waals surface area contributed by atoms with Gasteiger partial charge in [0.1, 0.15) is 12.1 Å². The van der Waals surface area contributed by atoms with E-state index in [1.807, 2.05) is 27.7 Å². The van der Waals surface area contributed by atoms with E-state index in [1.165, 1.54) is 0 Å². The van der Waals surface area contributed by atoms with Crippen LogP contribution in [0.15, 0.2) is 0 Å². The third-order valence-electron chi connectivity index (χ3n) is 4.11. The van der Waals surface area contributed by atoms with Crippen molar-refractivity contribution in [2.24, 2.45) is 17.6 Å². The molecule has 3 unspecified atom stereocenters. The highest BCUT2D eigenvalue weighted by Crippen LogP contribution is 2.07. The summed E-state index contributed by atoms with van der Waals surface area (Å²) in [6.07, 6.45) is -0.0356. The molecule has 0 fully saturated rings. The first-order valence-corrected chi connectivity index (χ1v) is 9.91. The molecule has 0 bridgehead atoms. The summed E-state index contributed by atoms with van der Waals surface area (Å²) in [6.45, 7) is 7.08. The normalized spacial score (nSPS) is 14.0. The molecule has 11 nitrogen and oxygen atoms in total. The summed E-state index contributed by atoms with van der Waals surface area (Å²) in [7, 11) is 0. The van der Waals surface area contributed by atoms with Gasteiger partial charge in [0, 0.05) is 6.42 Å². The quantitative estimate of drug-likeness (QED) is 0.211. The van der Waals surface area contributed by atoms with Gasteiger partial charge in [0.15, 0.2) is 0 Å². The summed E-state index contributed by atoms with van der Waals surface area (Å²) in [6, 6.07) is -3.18. The van der Waals surface area contributed by atoms with Crippen LogP contribution >= 0.6 is 0 Å². The van der Waals surface area contributed by atoms with Gasteiger partial charge >= 0.3 is 11.9 Å². The molecular formula is C19H34N4O7. The summed E-state index contributed by atoms with van der Waals surface area (Å²) in [4.78, 5) is 58.5. The van der Waals surface area contributed by atoms with Crippen molar-refractivity contribution < 1.29 is 34.2 Å². The van der Waals surface area contributed by atoms with Crippen LogP contribution in [0.3, 0.4) is 0 Å². The average molecular weight is 431 g/mol. The van der Waals surface area contributed by atoms with E-state index < -0.39 is 54.2 Å². The SMILES string of the molecule is CC(C)CC(N)C(=O)NCC(=O)NC(CC(C)C)C(=O)NC(CCC(=O)O)C(=O)O. The minimum absolute atomic E-state index is 0.00240. The summed E-state index contributed by atoms with van der Waals surface area (Å²) in [5.74, 6) is -4.20. The van der Waals surface area contributed by atoms with Crippen LogP contribution in [-0.2, 0) is 24.0 Å². The summed E-state index contributed by atoms with van der Waals surface area (Å²) >= 11 is 0. The molecule has 0 aromatic carbocycles. The Bertz CT molecular complexity index is 622. The Labute approximate surface area is 176 Å². The van der Waals surface area contributed by atoms with Gasteiger partial charge in [-0.3, -0.25) is 19.2 Å². The first-order valence-electron chi connectivity index (χ1n) is 9.91. The molecule has 0 saturated carbocycles. The largest absolute Gasteiger partial charge is 0.481 e. The van der Waals surface area contributed by atoms with E-state index in [9.17, 15) is 29.1 Å². The molecule has 11 heteroatoms. The predicted molar refractivity (Wildman–Crippen MR) is 108 cm³/mol. The average Bonchev–Trinajstić information content (AvgIpc) is 2.60. The Balaban J connectivity index is 4.90. The van der Waals surface area contributed by atoms with Crippen molar-refractivity contribution in [1.29, 1.82) is 0 Å². The van der Waals surface area contributed by atoms with Crippen LogP contribution in [0.5, 0.6) is 0 Å². The summed E-state index contributed by atoms with van der Waals surface area (Å²) in [5.41, 5.74) is 5.75. The highest BCUT2D eigenvalue weighted by atomic mass is 16.4. The molecule has 0 radical (unpaired) electrons. The van der Waals surface area contributed by atoms with E-state index in [4.69, 9.17) is 10.8 Å². The van der Waals surface area contributed by atoms with Crippen LogP contribution in [0.4, 0.5) is 0 Å². The van der Waals surface area contributed by atoms with Gasteiger partial charge in [0.2, 0.25) is 17.7 Å². The Kier molecular flexibility index (Phi) is 12.3. The van der Waals surface area contributed by atoms with Crippen LogP contribution in [0.25, 0.3) is 0 Å². The number of carbonyl (C=O) groups is 5. The van der Waals surface area contributed by atoms with Gasteiger partial charge in [0.05, 0.1) is 12.6 Å². The first kappa shape index (κ1) is 27.3. The number of nitrogens with one attached hydrogen (secondary N) is 3. The maximum Gasteiger partial charge on any atom is 0.326 e. The Hall–Kier alpha value is -2.69. The van der Waals surface area contributed by atoms with E-state index in [1.54, 1.807) is 0 Å². The van der Waals surface area contributed by atoms with Crippen molar-refractivity contribution >= 4 is 29.7 Å². The number of nitrogens with two attached hydrogens (primary N) is 1. The molecule has 0 aliphatic carbocycles.